The van der Waals surface area contributed by atoms with Crippen molar-refractivity contribution < 1.29 is 9.15 Å². The predicted octanol–water partition coefficient (Wildman–Crippen LogP) is 11.0. The maximum atomic E-state index is 6.79. The van der Waals surface area contributed by atoms with E-state index in [2.05, 4.69) is 151 Å². The number of nitrogens with zero attached hydrogens (tertiary/aromatic N) is 1. The van der Waals surface area contributed by atoms with E-state index < -0.39 is 8.80 Å². The molecule has 6 aliphatic rings. The minimum atomic E-state index is -0.960. The minimum Gasteiger partial charge on any atom is -0.459 e. The molecule has 4 heteroatoms. The molecule has 11 rings (SSSR count). The van der Waals surface area contributed by atoms with Crippen molar-refractivity contribution in [2.75, 3.05) is 4.90 Å². The molecular formula is C47H38NO2Si. The number of benzene rings is 4. The van der Waals surface area contributed by atoms with Crippen LogP contribution in [0.15, 0.2) is 166 Å². The number of ether oxygens (including phenoxy) is 1. The third kappa shape index (κ3) is 4.42. The van der Waals surface area contributed by atoms with Crippen LogP contribution >= 0.6 is 0 Å². The highest BCUT2D eigenvalue weighted by Crippen LogP contribution is 2.49. The lowest BCUT2D eigenvalue weighted by Crippen LogP contribution is -2.38. The molecule has 0 amide bonds. The van der Waals surface area contributed by atoms with Crippen molar-refractivity contribution in [1.29, 1.82) is 0 Å². The van der Waals surface area contributed by atoms with Crippen molar-refractivity contribution in [3.8, 4) is 5.75 Å². The van der Waals surface area contributed by atoms with Gasteiger partial charge in [-0.1, -0.05) is 121 Å². The van der Waals surface area contributed by atoms with Gasteiger partial charge in [-0.15, -0.1) is 0 Å². The second kappa shape index (κ2) is 11.3. The molecule has 4 unspecified atom stereocenters. The van der Waals surface area contributed by atoms with Gasteiger partial charge in [-0.2, -0.15) is 0 Å². The Morgan fingerprint density at radius 1 is 0.843 bits per heavy atom. The van der Waals surface area contributed by atoms with Gasteiger partial charge in [-0.05, 0) is 83.8 Å². The van der Waals surface area contributed by atoms with Crippen molar-refractivity contribution in [3.63, 3.8) is 0 Å². The quantitative estimate of drug-likeness (QED) is 0.177. The third-order valence-electron chi connectivity index (χ3n) is 12.2. The predicted molar refractivity (Wildman–Crippen MR) is 211 cm³/mol. The van der Waals surface area contributed by atoms with Gasteiger partial charge >= 0.3 is 0 Å². The maximum Gasteiger partial charge on any atom is 0.143 e. The summed E-state index contributed by atoms with van der Waals surface area (Å²) >= 11 is 0. The van der Waals surface area contributed by atoms with Crippen LogP contribution in [0.2, 0.25) is 6.55 Å². The van der Waals surface area contributed by atoms with Crippen molar-refractivity contribution in [2.24, 2.45) is 5.92 Å². The second-order valence-electron chi connectivity index (χ2n) is 14.8. The highest BCUT2D eigenvalue weighted by Gasteiger charge is 2.40. The number of allylic oxidation sites excluding steroid dienone is 11. The van der Waals surface area contributed by atoms with Gasteiger partial charge < -0.3 is 14.1 Å². The monoisotopic (exact) mass is 676 g/mol. The van der Waals surface area contributed by atoms with Crippen LogP contribution in [0, 0.1) is 5.92 Å². The SMILES string of the molecule is C[Si]1C2=C(C=CC(N(C3=C4Oc5ccccc5C4CC=C3)c3cccc(C4C=CC=C5C=CCCC54)c3)C2)c2c1ccc1c2oc2ccccc21. The largest absolute Gasteiger partial charge is 0.459 e. The zero-order chi connectivity index (χ0) is 33.6. The highest BCUT2D eigenvalue weighted by molar-refractivity contribution is 6.83. The summed E-state index contributed by atoms with van der Waals surface area (Å²) in [7, 11) is -0.960. The number of rotatable bonds is 4. The van der Waals surface area contributed by atoms with Crippen LogP contribution in [0.25, 0.3) is 27.5 Å². The van der Waals surface area contributed by atoms with Gasteiger partial charge in [0.05, 0.1) is 17.7 Å². The van der Waals surface area contributed by atoms with E-state index in [9.17, 15) is 0 Å². The average Bonchev–Trinajstić information content (AvgIpc) is 3.85. The van der Waals surface area contributed by atoms with Crippen molar-refractivity contribution in [2.45, 2.75) is 50.1 Å². The minimum absolute atomic E-state index is 0.146. The van der Waals surface area contributed by atoms with E-state index in [1.165, 1.54) is 61.6 Å². The summed E-state index contributed by atoms with van der Waals surface area (Å²) in [5.41, 5.74) is 11.3. The average molecular weight is 677 g/mol. The molecule has 5 aromatic rings. The summed E-state index contributed by atoms with van der Waals surface area (Å²) < 4.78 is 13.4. The first-order valence-electron chi connectivity index (χ1n) is 18.5. The van der Waals surface area contributed by atoms with Crippen LogP contribution in [0.1, 0.15) is 54.2 Å². The van der Waals surface area contributed by atoms with E-state index in [-0.39, 0.29) is 12.0 Å². The summed E-state index contributed by atoms with van der Waals surface area (Å²) in [5, 5.41) is 5.47. The van der Waals surface area contributed by atoms with E-state index in [1.54, 1.807) is 5.20 Å². The van der Waals surface area contributed by atoms with E-state index in [1.807, 2.05) is 0 Å². The Morgan fingerprint density at radius 3 is 2.75 bits per heavy atom. The topological polar surface area (TPSA) is 25.6 Å². The van der Waals surface area contributed by atoms with E-state index >= 15 is 0 Å². The zero-order valence-corrected chi connectivity index (χ0v) is 29.7. The van der Waals surface area contributed by atoms with Crippen molar-refractivity contribution in [3.05, 3.63) is 179 Å². The summed E-state index contributed by atoms with van der Waals surface area (Å²) in [4.78, 5) is 2.60. The second-order valence-corrected chi connectivity index (χ2v) is 17.2. The van der Waals surface area contributed by atoms with Gasteiger partial charge in [-0.25, -0.2) is 0 Å². The van der Waals surface area contributed by atoms with Crippen LogP contribution in [0.5, 0.6) is 5.75 Å². The highest BCUT2D eigenvalue weighted by atomic mass is 28.3. The van der Waals surface area contributed by atoms with Gasteiger partial charge in [0.25, 0.3) is 0 Å². The molecule has 0 spiro atoms. The molecule has 4 aromatic carbocycles. The van der Waals surface area contributed by atoms with Gasteiger partial charge in [0.15, 0.2) is 0 Å². The Morgan fingerprint density at radius 2 is 1.76 bits per heavy atom. The first-order valence-corrected chi connectivity index (χ1v) is 20.5. The zero-order valence-electron chi connectivity index (χ0n) is 28.7. The molecule has 0 N–H and O–H groups in total. The Kier molecular flexibility index (Phi) is 6.54. The fraction of sp³-hybridized carbons (Fsp3) is 0.191. The maximum absolute atomic E-state index is 6.79. The first-order chi connectivity index (χ1) is 25.2. The molecular weight excluding hydrogens is 639 g/mol. The summed E-state index contributed by atoms with van der Waals surface area (Å²) in [5.74, 6) is 3.21. The summed E-state index contributed by atoms with van der Waals surface area (Å²) in [6.45, 7) is 2.48. The molecule has 0 fully saturated rings. The Labute approximate surface area is 300 Å². The summed E-state index contributed by atoms with van der Waals surface area (Å²) in [6.07, 6.45) is 25.5. The molecule has 1 radical (unpaired) electrons. The number of furan rings is 1. The molecule has 3 heterocycles. The summed E-state index contributed by atoms with van der Waals surface area (Å²) in [6, 6.07) is 31.3. The van der Waals surface area contributed by atoms with Crippen molar-refractivity contribution in [1.82, 2.24) is 0 Å². The lowest BCUT2D eigenvalue weighted by Gasteiger charge is -2.38. The lowest BCUT2D eigenvalue weighted by molar-refractivity contribution is 0.415. The molecule has 0 bridgehead atoms. The van der Waals surface area contributed by atoms with E-state index in [0.29, 0.717) is 11.8 Å². The molecule has 1 aromatic heterocycles. The van der Waals surface area contributed by atoms with E-state index in [0.717, 1.165) is 41.9 Å². The van der Waals surface area contributed by atoms with Crippen LogP contribution < -0.4 is 14.8 Å². The Bertz CT molecular complexity index is 2520. The van der Waals surface area contributed by atoms with Gasteiger partial charge in [0, 0.05) is 33.5 Å². The number of hydrogen-bond acceptors (Lipinski definition) is 3. The lowest BCUT2D eigenvalue weighted by atomic mass is 9.73. The molecule has 4 atom stereocenters. The van der Waals surface area contributed by atoms with Crippen LogP contribution in [0.4, 0.5) is 5.69 Å². The number of hydrogen-bond donors (Lipinski definition) is 0. The van der Waals surface area contributed by atoms with Gasteiger partial charge in [0.1, 0.15) is 31.5 Å². The molecule has 3 nitrogen and oxygen atoms in total. The molecule has 247 valence electrons. The molecule has 51 heavy (non-hydrogen) atoms. The molecule has 0 saturated carbocycles. The normalized spacial score (nSPS) is 24.4. The number of para-hydroxylation sites is 2. The van der Waals surface area contributed by atoms with E-state index in [4.69, 9.17) is 9.15 Å². The number of fused-ring (bicyclic) bond motifs is 10. The fourth-order valence-electron chi connectivity index (χ4n) is 9.75. The standard InChI is InChI=1S/C47H38NO2Si/c1-51-43-26-25-38-36-17-5-7-22-42(36)50-47(38)45(43)39-24-23-32(28-44(39)51)48(40-20-10-19-37-35-16-4-6-21-41(35)49-46(37)40)31-14-8-13-30(27-31)34-18-9-12-29-11-2-3-15-33(29)34/h2,4-14,16-18,20-27,32-34,37H,3,15,19,28H2,1H3. The molecule has 4 aliphatic carbocycles. The van der Waals surface area contributed by atoms with Gasteiger partial charge in [-0.3, -0.25) is 0 Å². The van der Waals surface area contributed by atoms with Crippen LogP contribution in [-0.2, 0) is 0 Å². The molecule has 2 aliphatic heterocycles. The third-order valence-corrected chi connectivity index (χ3v) is 14.8. The van der Waals surface area contributed by atoms with Gasteiger partial charge in [0.2, 0.25) is 0 Å². The molecule has 0 saturated heterocycles. The number of anilines is 1. The smallest absolute Gasteiger partial charge is 0.143 e. The fourth-order valence-corrected chi connectivity index (χ4v) is 12.2. The van der Waals surface area contributed by atoms with Crippen LogP contribution in [0.3, 0.4) is 0 Å². The van der Waals surface area contributed by atoms with Crippen LogP contribution in [-0.4, -0.2) is 14.8 Å². The Hall–Kier alpha value is -5.32. The van der Waals surface area contributed by atoms with Crippen molar-refractivity contribution >= 4 is 47.2 Å². The Balaban J connectivity index is 1.03. The first kappa shape index (κ1) is 29.4.